The van der Waals surface area contributed by atoms with E-state index in [2.05, 4.69) is 5.29 Å². The highest BCUT2D eigenvalue weighted by Crippen LogP contribution is 2.65. The van der Waals surface area contributed by atoms with Gasteiger partial charge in [0, 0.05) is 36.7 Å². The summed E-state index contributed by atoms with van der Waals surface area (Å²) in [4.78, 5) is 96.7. The van der Waals surface area contributed by atoms with Crippen molar-refractivity contribution in [2.45, 2.75) is 124 Å². The van der Waals surface area contributed by atoms with Crippen molar-refractivity contribution in [3.8, 4) is 0 Å². The third-order valence-corrected chi connectivity index (χ3v) is 14.2. The van der Waals surface area contributed by atoms with E-state index in [0.717, 1.165) is 6.92 Å². The predicted octanol–water partition coefficient (Wildman–Crippen LogP) is 6.33. The Morgan fingerprint density at radius 3 is 2.08 bits per heavy atom. The van der Waals surface area contributed by atoms with Crippen LogP contribution in [0.1, 0.15) is 104 Å². The molecule has 0 radical (unpaired) electrons. The topological polar surface area (TPSA) is 201 Å². The molecule has 2 aromatic carbocycles. The summed E-state index contributed by atoms with van der Waals surface area (Å²) >= 11 is 0. The van der Waals surface area contributed by atoms with Crippen LogP contribution in [0, 0.1) is 33.5 Å². The monoisotopic (exact) mass is 856 g/mol. The maximum atomic E-state index is 15.7. The molecule has 2 aromatic rings. The summed E-state index contributed by atoms with van der Waals surface area (Å²) in [6.45, 7) is 15.1. The number of esters is 4. The van der Waals surface area contributed by atoms with Gasteiger partial charge in [0.1, 0.15) is 23.9 Å². The molecule has 11 atom stereocenters. The van der Waals surface area contributed by atoms with Gasteiger partial charge in [0.2, 0.25) is 0 Å². The molecule has 3 aliphatic carbocycles. The number of carbonyl (C=O) groups is 6. The summed E-state index contributed by atoms with van der Waals surface area (Å²) in [5, 5.41) is 17.6. The van der Waals surface area contributed by atoms with Crippen molar-refractivity contribution in [1.29, 1.82) is 0 Å². The summed E-state index contributed by atoms with van der Waals surface area (Å²) in [6.07, 6.45) is -4.11. The van der Waals surface area contributed by atoms with Crippen molar-refractivity contribution in [3.05, 3.63) is 99.5 Å². The molecular weight excluding hydrogens is 801 g/mol. The molecule has 1 aliphatic heterocycles. The molecule has 2 saturated carbocycles. The third-order valence-electron chi connectivity index (χ3n) is 14.2. The molecule has 6 rings (SSSR count). The Morgan fingerprint density at radius 1 is 0.935 bits per heavy atom. The van der Waals surface area contributed by atoms with E-state index in [1.165, 1.54) is 39.0 Å². The zero-order valence-corrected chi connectivity index (χ0v) is 36.8. The van der Waals surface area contributed by atoms with E-state index in [1.807, 2.05) is 6.92 Å². The van der Waals surface area contributed by atoms with E-state index >= 15 is 4.79 Å². The Kier molecular flexibility index (Phi) is 12.6. The lowest BCUT2D eigenvalue weighted by atomic mass is 9.43. The Bertz CT molecular complexity index is 2200. The number of Topliss-reactive ketones (excluding diaryl/α,β-unsaturated/α-hetero) is 1. The second kappa shape index (κ2) is 17.0. The summed E-state index contributed by atoms with van der Waals surface area (Å²) in [5.41, 5.74) is -5.87. The number of amides is 1. The average molecular weight is 857 g/mol. The third kappa shape index (κ3) is 7.36. The summed E-state index contributed by atoms with van der Waals surface area (Å²) < 4.78 is 31.1. The first-order valence-electron chi connectivity index (χ1n) is 20.9. The molecule has 62 heavy (non-hydrogen) atoms. The number of carbonyl (C=O) groups excluding carboxylic acids is 6. The average Bonchev–Trinajstić information content (AvgIpc) is 3.23. The fourth-order valence-electron chi connectivity index (χ4n) is 10.5. The number of rotatable bonds is 11. The van der Waals surface area contributed by atoms with Crippen molar-refractivity contribution in [1.82, 2.24) is 5.01 Å². The number of hydrogen-bond donors (Lipinski definition) is 1. The van der Waals surface area contributed by atoms with Crippen LogP contribution in [0.3, 0.4) is 0 Å². The molecule has 0 aromatic heterocycles. The van der Waals surface area contributed by atoms with Gasteiger partial charge < -0.3 is 28.8 Å². The van der Waals surface area contributed by atoms with Crippen LogP contribution in [0.2, 0.25) is 0 Å². The van der Waals surface area contributed by atoms with Gasteiger partial charge in [0.05, 0.1) is 35.3 Å². The van der Waals surface area contributed by atoms with Crippen LogP contribution in [0.15, 0.2) is 88.7 Å². The standard InChI is InChI=1S/C47H56N2O13/c1-11-25(2)41(53)49(48-57)36(31-18-14-12-15-19-31)28(5)42(54)60-33-23-47(56)40(61-43(55)32-20-16-13-17-21-32)38-45(10,26(3)22-34-46(38,24-58-34)62-30(7)51)39(52)37(59-29(6)50)35(27(33)4)44(47,8)9/h11-21,26,28,33-34,36-38,40,56H,22-24H2,1-10H3/b25-11+/t26-,28+,33-,34+,36?,37+,38-,40-,45+,46-,47+/m0/s1. The van der Waals surface area contributed by atoms with Gasteiger partial charge >= 0.3 is 23.9 Å². The number of allylic oxidation sites excluding steroid dienone is 1. The Morgan fingerprint density at radius 2 is 1.55 bits per heavy atom. The zero-order valence-electron chi connectivity index (χ0n) is 36.8. The highest BCUT2D eigenvalue weighted by atomic mass is 16.6. The number of fused-ring (bicyclic) bond motifs is 5. The number of aliphatic hydroxyl groups is 1. The van der Waals surface area contributed by atoms with E-state index in [-0.39, 0.29) is 29.7 Å². The maximum absolute atomic E-state index is 15.7. The number of hydrogen-bond acceptors (Lipinski definition) is 14. The molecule has 2 bridgehead atoms. The second-order valence-corrected chi connectivity index (χ2v) is 17.9. The molecule has 1 unspecified atom stereocenters. The van der Waals surface area contributed by atoms with Crippen LogP contribution in [0.5, 0.6) is 0 Å². The van der Waals surface area contributed by atoms with Crippen molar-refractivity contribution >= 4 is 35.6 Å². The van der Waals surface area contributed by atoms with Crippen LogP contribution in [0.4, 0.5) is 0 Å². The first-order chi connectivity index (χ1) is 29.1. The Hall–Kier alpha value is -5.54. The van der Waals surface area contributed by atoms with E-state index < -0.39 is 112 Å². The molecule has 332 valence electrons. The fourth-order valence-corrected chi connectivity index (χ4v) is 10.5. The Balaban J connectivity index is 1.57. The van der Waals surface area contributed by atoms with Crippen LogP contribution < -0.4 is 0 Å². The Labute approximate surface area is 361 Å². The number of nitroso groups, excluding NO2 is 1. The van der Waals surface area contributed by atoms with Gasteiger partial charge in [-0.3, -0.25) is 24.0 Å². The van der Waals surface area contributed by atoms with Gasteiger partial charge in [0.25, 0.3) is 5.91 Å². The van der Waals surface area contributed by atoms with Crippen molar-refractivity contribution in [2.75, 3.05) is 6.61 Å². The second-order valence-electron chi connectivity index (χ2n) is 17.9. The van der Waals surface area contributed by atoms with Crippen LogP contribution in [-0.4, -0.2) is 87.9 Å². The maximum Gasteiger partial charge on any atom is 0.338 e. The number of benzene rings is 2. The lowest BCUT2D eigenvalue weighted by Crippen LogP contribution is -2.80. The number of ketones is 1. The number of nitrogens with zero attached hydrogens (tertiary/aromatic N) is 2. The largest absolute Gasteiger partial charge is 0.457 e. The van der Waals surface area contributed by atoms with Crippen molar-refractivity contribution in [3.63, 3.8) is 0 Å². The molecule has 1 heterocycles. The summed E-state index contributed by atoms with van der Waals surface area (Å²) in [6, 6.07) is 15.2. The highest BCUT2D eigenvalue weighted by Gasteiger charge is 2.77. The lowest BCUT2D eigenvalue weighted by Gasteiger charge is -2.68. The quantitative estimate of drug-likeness (QED) is 0.0657. The molecule has 3 fully saturated rings. The molecule has 1 saturated heterocycles. The van der Waals surface area contributed by atoms with Crippen molar-refractivity contribution in [2.24, 2.45) is 33.9 Å². The first-order valence-corrected chi connectivity index (χ1v) is 20.9. The van der Waals surface area contributed by atoms with Crippen LogP contribution in [-0.2, 0) is 47.7 Å². The first kappa shape index (κ1) is 46.0. The van der Waals surface area contributed by atoms with Crippen molar-refractivity contribution < 1.29 is 57.6 Å². The van der Waals surface area contributed by atoms with Crippen LogP contribution in [0.25, 0.3) is 0 Å². The van der Waals surface area contributed by atoms with Gasteiger partial charge in [-0.2, -0.15) is 5.01 Å². The van der Waals surface area contributed by atoms with Gasteiger partial charge in [-0.1, -0.05) is 82.3 Å². The number of ether oxygens (including phenoxy) is 5. The molecular formula is C47H56N2O13. The molecule has 15 heteroatoms. The molecule has 4 aliphatic rings. The van der Waals surface area contributed by atoms with Gasteiger partial charge in [-0.15, -0.1) is 4.91 Å². The van der Waals surface area contributed by atoms with E-state index in [4.69, 9.17) is 23.7 Å². The molecule has 1 N–H and O–H groups in total. The predicted molar refractivity (Wildman–Crippen MR) is 222 cm³/mol. The fraction of sp³-hybridized carbons (Fsp3) is 0.532. The van der Waals surface area contributed by atoms with Crippen LogP contribution >= 0.6 is 0 Å². The lowest BCUT2D eigenvalue weighted by molar-refractivity contribution is -0.340. The molecule has 1 amide bonds. The summed E-state index contributed by atoms with van der Waals surface area (Å²) in [7, 11) is 0. The molecule has 15 nitrogen and oxygen atoms in total. The minimum atomic E-state index is -2.26. The van der Waals surface area contributed by atoms with E-state index in [0.29, 0.717) is 16.1 Å². The zero-order chi connectivity index (χ0) is 45.7. The van der Waals surface area contributed by atoms with Gasteiger partial charge in [-0.05, 0) is 68.9 Å². The highest BCUT2D eigenvalue weighted by molar-refractivity contribution is 5.95. The van der Waals surface area contributed by atoms with Gasteiger partial charge in [0.15, 0.2) is 17.5 Å². The van der Waals surface area contributed by atoms with E-state index in [1.54, 1.807) is 83.1 Å². The van der Waals surface area contributed by atoms with Gasteiger partial charge in [-0.25, -0.2) is 4.79 Å². The smallest absolute Gasteiger partial charge is 0.338 e. The normalized spacial score (nSPS) is 32.2. The summed E-state index contributed by atoms with van der Waals surface area (Å²) in [5.74, 6) is -7.70. The minimum Gasteiger partial charge on any atom is -0.457 e. The SMILES string of the molecule is C/C=C(\C)C(=O)N(N=O)C(c1ccccc1)[C@@H](C)C(=O)O[C@H]1C[C@@]2(O)[C@@H](OC(=O)c3ccccc3)[C@@H]3[C@]4(OC(C)=O)CO[C@@H]4C[C@H](C)[C@@]3(C)C(=O)[C@H](OC(C)=O)C(=C1C)C2(C)C. The molecule has 0 spiro atoms. The minimum absolute atomic E-state index is 0.132. The van der Waals surface area contributed by atoms with E-state index in [9.17, 15) is 34.0 Å².